The quantitative estimate of drug-likeness (QED) is 0.892. The van der Waals surface area contributed by atoms with Crippen LogP contribution in [0.4, 0.5) is 0 Å². The summed E-state index contributed by atoms with van der Waals surface area (Å²) in [6, 6.07) is 11.9. The number of aromatic nitrogens is 1. The van der Waals surface area contributed by atoms with E-state index in [4.69, 9.17) is 21.1 Å². The number of pyridine rings is 1. The first-order chi connectivity index (χ1) is 11.7. The van der Waals surface area contributed by atoms with E-state index in [9.17, 15) is 0 Å². The lowest BCUT2D eigenvalue weighted by Crippen LogP contribution is -2.42. The van der Waals surface area contributed by atoms with E-state index in [1.807, 2.05) is 37.3 Å². The van der Waals surface area contributed by atoms with E-state index >= 15 is 0 Å². The van der Waals surface area contributed by atoms with Gasteiger partial charge in [0.15, 0.2) is 0 Å². The zero-order valence-corrected chi connectivity index (χ0v) is 14.4. The summed E-state index contributed by atoms with van der Waals surface area (Å²) in [5, 5.41) is 4.03. The van der Waals surface area contributed by atoms with Crippen molar-refractivity contribution in [2.75, 3.05) is 13.1 Å². The second-order valence-electron chi connectivity index (χ2n) is 6.57. The highest BCUT2D eigenvalue weighted by Crippen LogP contribution is 2.47. The SMILES string of the molecule is C[C@@]1(c2ccc(Cl)cn2)Oc2ccccc2[C@H](C2CCNCC2)O1. The minimum absolute atomic E-state index is 0.0135. The first-order valence-electron chi connectivity index (χ1n) is 8.44. The van der Waals surface area contributed by atoms with E-state index < -0.39 is 5.79 Å². The van der Waals surface area contributed by atoms with E-state index in [1.54, 1.807) is 6.20 Å². The van der Waals surface area contributed by atoms with Gasteiger partial charge in [0.25, 0.3) is 5.79 Å². The molecule has 0 saturated carbocycles. The number of para-hydroxylation sites is 1. The maximum atomic E-state index is 6.51. The van der Waals surface area contributed by atoms with Crippen LogP contribution < -0.4 is 10.1 Å². The molecule has 4 nitrogen and oxygen atoms in total. The van der Waals surface area contributed by atoms with Crippen molar-refractivity contribution in [3.8, 4) is 5.75 Å². The number of piperidine rings is 1. The summed E-state index contributed by atoms with van der Waals surface area (Å²) >= 11 is 5.98. The monoisotopic (exact) mass is 344 g/mol. The Hall–Kier alpha value is -1.62. The number of hydrogen-bond acceptors (Lipinski definition) is 4. The number of fused-ring (bicyclic) bond motifs is 1. The summed E-state index contributed by atoms with van der Waals surface area (Å²) in [6.07, 6.45) is 3.85. The molecule has 1 aromatic carbocycles. The third kappa shape index (κ3) is 2.90. The van der Waals surface area contributed by atoms with Gasteiger partial charge in [-0.25, -0.2) is 0 Å². The number of rotatable bonds is 2. The molecule has 2 aliphatic rings. The van der Waals surface area contributed by atoms with Gasteiger partial charge < -0.3 is 14.8 Å². The van der Waals surface area contributed by atoms with Crippen LogP contribution in [0.15, 0.2) is 42.6 Å². The zero-order chi connectivity index (χ0) is 16.6. The smallest absolute Gasteiger partial charge is 0.252 e. The zero-order valence-electron chi connectivity index (χ0n) is 13.7. The van der Waals surface area contributed by atoms with Crippen molar-refractivity contribution in [2.24, 2.45) is 5.92 Å². The van der Waals surface area contributed by atoms with Gasteiger partial charge in [-0.05, 0) is 50.0 Å². The maximum Gasteiger partial charge on any atom is 0.252 e. The lowest BCUT2D eigenvalue weighted by atomic mass is 9.86. The highest BCUT2D eigenvalue weighted by molar-refractivity contribution is 6.30. The standard InChI is InChI=1S/C19H21ClN2O2/c1-19(17-7-6-14(20)12-22-17)23-16-5-3-2-4-15(16)18(24-19)13-8-10-21-11-9-13/h2-7,12-13,18,21H,8-11H2,1H3/t18-,19+/m0/s1. The Kier molecular flexibility index (Phi) is 4.21. The Bertz CT molecular complexity index is 716. The Morgan fingerprint density at radius 1 is 1.17 bits per heavy atom. The topological polar surface area (TPSA) is 43.4 Å². The summed E-state index contributed by atoms with van der Waals surface area (Å²) in [5.74, 6) is 0.448. The van der Waals surface area contributed by atoms with Crippen molar-refractivity contribution >= 4 is 11.6 Å². The predicted octanol–water partition coefficient (Wildman–Crippen LogP) is 4.06. The number of nitrogens with zero attached hydrogens (tertiary/aromatic N) is 1. The average Bonchev–Trinajstić information content (AvgIpc) is 2.62. The van der Waals surface area contributed by atoms with Gasteiger partial charge in [-0.15, -0.1) is 0 Å². The Morgan fingerprint density at radius 3 is 2.71 bits per heavy atom. The van der Waals surface area contributed by atoms with Crippen LogP contribution in [0.1, 0.15) is 37.1 Å². The first-order valence-corrected chi connectivity index (χ1v) is 8.82. The molecule has 4 rings (SSSR count). The fourth-order valence-electron chi connectivity index (χ4n) is 3.60. The van der Waals surface area contributed by atoms with Crippen molar-refractivity contribution in [2.45, 2.75) is 31.7 Å². The molecule has 1 aromatic heterocycles. The van der Waals surface area contributed by atoms with Crippen LogP contribution in [0, 0.1) is 5.92 Å². The second kappa shape index (κ2) is 6.36. The van der Waals surface area contributed by atoms with Crippen LogP contribution in [-0.4, -0.2) is 18.1 Å². The van der Waals surface area contributed by atoms with Crippen LogP contribution >= 0.6 is 11.6 Å². The van der Waals surface area contributed by atoms with Gasteiger partial charge in [-0.3, -0.25) is 4.98 Å². The molecule has 3 heterocycles. The first kappa shape index (κ1) is 15.9. The summed E-state index contributed by atoms with van der Waals surface area (Å²) < 4.78 is 12.7. The van der Waals surface area contributed by atoms with Gasteiger partial charge in [0.05, 0.1) is 11.1 Å². The number of ether oxygens (including phenoxy) is 2. The predicted molar refractivity (Wildman–Crippen MR) is 93.1 cm³/mol. The normalized spacial score (nSPS) is 27.3. The van der Waals surface area contributed by atoms with Gasteiger partial charge >= 0.3 is 0 Å². The fraction of sp³-hybridized carbons (Fsp3) is 0.421. The van der Waals surface area contributed by atoms with Crippen molar-refractivity contribution in [1.29, 1.82) is 0 Å². The molecule has 2 aromatic rings. The van der Waals surface area contributed by atoms with Gasteiger partial charge in [-0.2, -0.15) is 0 Å². The number of hydrogen-bond donors (Lipinski definition) is 1. The summed E-state index contributed by atoms with van der Waals surface area (Å²) in [4.78, 5) is 4.43. The van der Waals surface area contributed by atoms with Gasteiger partial charge in [-0.1, -0.05) is 29.8 Å². The molecule has 2 aliphatic heterocycles. The molecule has 0 spiro atoms. The van der Waals surface area contributed by atoms with Crippen LogP contribution in [0.3, 0.4) is 0 Å². The summed E-state index contributed by atoms with van der Waals surface area (Å²) in [6.45, 7) is 4.00. The molecule has 0 amide bonds. The third-order valence-electron chi connectivity index (χ3n) is 4.89. The molecule has 0 aliphatic carbocycles. The fourth-order valence-corrected chi connectivity index (χ4v) is 3.71. The Balaban J connectivity index is 1.72. The van der Waals surface area contributed by atoms with Crippen molar-refractivity contribution < 1.29 is 9.47 Å². The number of nitrogens with one attached hydrogen (secondary N) is 1. The molecule has 0 unspecified atom stereocenters. The molecule has 0 bridgehead atoms. The van der Waals surface area contributed by atoms with Gasteiger partial charge in [0.1, 0.15) is 11.4 Å². The highest BCUT2D eigenvalue weighted by atomic mass is 35.5. The van der Waals surface area contributed by atoms with Crippen LogP contribution in [0.2, 0.25) is 5.02 Å². The Morgan fingerprint density at radius 2 is 1.96 bits per heavy atom. The molecule has 5 heteroatoms. The maximum absolute atomic E-state index is 6.51. The Labute approximate surface area is 147 Å². The third-order valence-corrected chi connectivity index (χ3v) is 5.11. The molecular formula is C19H21ClN2O2. The summed E-state index contributed by atoms with van der Waals surface area (Å²) in [7, 11) is 0. The van der Waals surface area contributed by atoms with Gasteiger partial charge in [0, 0.05) is 18.7 Å². The van der Waals surface area contributed by atoms with Crippen molar-refractivity contribution in [3.05, 3.63) is 58.9 Å². The van der Waals surface area contributed by atoms with E-state index in [-0.39, 0.29) is 6.10 Å². The molecule has 1 N–H and O–H groups in total. The molecule has 0 radical (unpaired) electrons. The van der Waals surface area contributed by atoms with Crippen LogP contribution in [0.5, 0.6) is 5.75 Å². The second-order valence-corrected chi connectivity index (χ2v) is 7.01. The largest absolute Gasteiger partial charge is 0.456 e. The van der Waals surface area contributed by atoms with E-state index in [0.717, 1.165) is 42.9 Å². The molecular weight excluding hydrogens is 324 g/mol. The molecule has 2 atom stereocenters. The number of benzene rings is 1. The van der Waals surface area contributed by atoms with Crippen LogP contribution in [0.25, 0.3) is 0 Å². The molecule has 126 valence electrons. The van der Waals surface area contributed by atoms with Crippen molar-refractivity contribution in [1.82, 2.24) is 10.3 Å². The molecule has 1 fully saturated rings. The average molecular weight is 345 g/mol. The van der Waals surface area contributed by atoms with Crippen LogP contribution in [-0.2, 0) is 10.5 Å². The lowest BCUT2D eigenvalue weighted by Gasteiger charge is -2.43. The van der Waals surface area contributed by atoms with Gasteiger partial charge in [0.2, 0.25) is 0 Å². The van der Waals surface area contributed by atoms with E-state index in [0.29, 0.717) is 10.9 Å². The van der Waals surface area contributed by atoms with Crippen molar-refractivity contribution in [3.63, 3.8) is 0 Å². The molecule has 1 saturated heterocycles. The van der Waals surface area contributed by atoms with E-state index in [2.05, 4.69) is 16.4 Å². The summed E-state index contributed by atoms with van der Waals surface area (Å²) in [5.41, 5.74) is 1.87. The highest BCUT2D eigenvalue weighted by Gasteiger charge is 2.43. The van der Waals surface area contributed by atoms with E-state index in [1.165, 1.54) is 0 Å². The lowest BCUT2D eigenvalue weighted by molar-refractivity contribution is -0.243. The number of halogens is 1. The minimum Gasteiger partial charge on any atom is -0.456 e. The molecule has 24 heavy (non-hydrogen) atoms. The minimum atomic E-state index is -0.908.